The van der Waals surface area contributed by atoms with Gasteiger partial charge in [-0.15, -0.1) is 0 Å². The summed E-state index contributed by atoms with van der Waals surface area (Å²) in [5.74, 6) is -0.356. The minimum absolute atomic E-state index is 0.0224. The number of benzene rings is 2. The predicted octanol–water partition coefficient (Wildman–Crippen LogP) is 5.32. The Hall–Kier alpha value is -2.61. The average molecular weight is 493 g/mol. The molecule has 9 heteroatoms. The van der Waals surface area contributed by atoms with Crippen molar-refractivity contribution in [2.24, 2.45) is 0 Å². The van der Waals surface area contributed by atoms with Crippen molar-refractivity contribution >= 4 is 64.1 Å². The third-order valence-electron chi connectivity index (χ3n) is 4.51. The van der Waals surface area contributed by atoms with E-state index in [1.54, 1.807) is 30.3 Å². The first-order chi connectivity index (χ1) is 15.1. The van der Waals surface area contributed by atoms with Gasteiger partial charge in [0.1, 0.15) is 5.57 Å². The number of nitrogens with zero attached hydrogens (tertiary/aromatic N) is 1. The zero-order chi connectivity index (χ0) is 23.6. The quantitative estimate of drug-likeness (QED) is 0.335. The average Bonchev–Trinajstić information content (AvgIpc) is 2.70. The Morgan fingerprint density at radius 2 is 1.88 bits per heavy atom. The highest BCUT2D eigenvalue weighted by atomic mass is 35.5. The maximum absolute atomic E-state index is 13.2. The molecule has 6 nitrogen and oxygen atoms in total. The van der Waals surface area contributed by atoms with Crippen LogP contribution in [0.25, 0.3) is 6.08 Å². The molecule has 2 amide bonds. The van der Waals surface area contributed by atoms with Crippen molar-refractivity contribution in [2.45, 2.75) is 33.8 Å². The van der Waals surface area contributed by atoms with Crippen LogP contribution in [0.4, 0.5) is 5.69 Å². The number of amides is 2. The number of rotatable bonds is 6. The molecule has 1 N–H and O–H groups in total. The number of hydrogen-bond donors (Lipinski definition) is 1. The van der Waals surface area contributed by atoms with Gasteiger partial charge in [-0.3, -0.25) is 19.8 Å². The second kappa shape index (κ2) is 9.90. The van der Waals surface area contributed by atoms with Gasteiger partial charge in [-0.2, -0.15) is 0 Å². The van der Waals surface area contributed by atoms with Crippen molar-refractivity contribution in [2.75, 3.05) is 11.5 Å². The van der Waals surface area contributed by atoms with Crippen LogP contribution in [-0.4, -0.2) is 29.6 Å². The topological polar surface area (TPSA) is 67.9 Å². The Kier molecular flexibility index (Phi) is 7.44. The molecule has 1 aliphatic rings. The molecule has 3 rings (SSSR count). The number of carbonyl (C=O) groups is 2. The van der Waals surface area contributed by atoms with E-state index in [0.717, 1.165) is 5.56 Å². The lowest BCUT2D eigenvalue weighted by atomic mass is 10.1. The highest BCUT2D eigenvalue weighted by Crippen LogP contribution is 2.38. The summed E-state index contributed by atoms with van der Waals surface area (Å²) in [5.41, 5.74) is 1.71. The van der Waals surface area contributed by atoms with Crippen molar-refractivity contribution in [3.8, 4) is 11.5 Å². The molecule has 1 heterocycles. The first kappa shape index (κ1) is 24.0. The summed E-state index contributed by atoms with van der Waals surface area (Å²) in [4.78, 5) is 27.1. The smallest absolute Gasteiger partial charge is 0.270 e. The van der Waals surface area contributed by atoms with E-state index in [-0.39, 0.29) is 16.8 Å². The molecule has 0 unspecified atom stereocenters. The lowest BCUT2D eigenvalue weighted by molar-refractivity contribution is -0.122. The van der Waals surface area contributed by atoms with Crippen LogP contribution < -0.4 is 19.7 Å². The minimum Gasteiger partial charge on any atom is -0.490 e. The Bertz CT molecular complexity index is 1130. The molecule has 32 heavy (non-hydrogen) atoms. The molecule has 0 saturated carbocycles. The molecule has 168 valence electrons. The van der Waals surface area contributed by atoms with Gasteiger partial charge in [0.2, 0.25) is 0 Å². The highest BCUT2D eigenvalue weighted by Gasteiger charge is 2.34. The molecule has 1 aliphatic heterocycles. The molecule has 0 aliphatic carbocycles. The molecule has 0 bridgehead atoms. The van der Waals surface area contributed by atoms with Gasteiger partial charge in [-0.05, 0) is 81.4 Å². The van der Waals surface area contributed by atoms with Crippen LogP contribution >= 0.6 is 35.4 Å². The summed E-state index contributed by atoms with van der Waals surface area (Å²) in [6.45, 7) is 7.83. The second-order valence-electron chi connectivity index (χ2n) is 7.32. The fourth-order valence-corrected chi connectivity index (χ4v) is 3.78. The fraction of sp³-hybridized carbons (Fsp3) is 0.261. The van der Waals surface area contributed by atoms with E-state index in [2.05, 4.69) is 5.32 Å². The van der Waals surface area contributed by atoms with Gasteiger partial charge in [0.05, 0.1) is 23.4 Å². The van der Waals surface area contributed by atoms with E-state index >= 15 is 0 Å². The van der Waals surface area contributed by atoms with Gasteiger partial charge in [-0.1, -0.05) is 29.3 Å². The number of hydrogen-bond acceptors (Lipinski definition) is 5. The van der Waals surface area contributed by atoms with Crippen LogP contribution in [0.3, 0.4) is 0 Å². The molecule has 0 spiro atoms. The molecule has 2 aromatic carbocycles. The Labute approximate surface area is 202 Å². The Morgan fingerprint density at radius 1 is 1.16 bits per heavy atom. The predicted molar refractivity (Wildman–Crippen MR) is 131 cm³/mol. The summed E-state index contributed by atoms with van der Waals surface area (Å²) in [6.07, 6.45) is 1.33. The molecular formula is C23H22Cl2N2O4S. The third-order valence-corrected chi connectivity index (χ3v) is 5.48. The van der Waals surface area contributed by atoms with Crippen molar-refractivity contribution in [1.29, 1.82) is 0 Å². The van der Waals surface area contributed by atoms with Gasteiger partial charge in [0.15, 0.2) is 16.6 Å². The van der Waals surface area contributed by atoms with Crippen molar-refractivity contribution in [1.82, 2.24) is 5.32 Å². The number of anilines is 1. The summed E-state index contributed by atoms with van der Waals surface area (Å²) < 4.78 is 11.4. The van der Waals surface area contributed by atoms with Gasteiger partial charge in [0, 0.05) is 5.02 Å². The molecule has 0 radical (unpaired) electrons. The van der Waals surface area contributed by atoms with E-state index < -0.39 is 11.8 Å². The summed E-state index contributed by atoms with van der Waals surface area (Å²) in [6, 6.07) is 8.38. The molecule has 0 aromatic heterocycles. The minimum atomic E-state index is -0.606. The maximum atomic E-state index is 13.2. The standard InChI is InChI=1S/C23H22Cl2N2O4S/c1-5-30-19-10-14(9-18(25)20(19)31-12(2)3)8-16-21(28)26-23(32)27(22(16)29)15-7-6-13(4)17(24)11-15/h6-12H,5H2,1-4H3,(H,26,28,32)/b16-8+. The van der Waals surface area contributed by atoms with E-state index in [1.165, 1.54) is 11.0 Å². The lowest BCUT2D eigenvalue weighted by Gasteiger charge is -2.29. The maximum Gasteiger partial charge on any atom is 0.270 e. The van der Waals surface area contributed by atoms with Gasteiger partial charge in [-0.25, -0.2) is 0 Å². The number of aryl methyl sites for hydroxylation is 1. The molecule has 0 atom stereocenters. The normalized spacial score (nSPS) is 15.4. The monoisotopic (exact) mass is 492 g/mol. The molecule has 2 aromatic rings. The zero-order valence-electron chi connectivity index (χ0n) is 18.0. The SMILES string of the molecule is CCOc1cc(/C=C2\C(=O)NC(=S)N(c3ccc(C)c(Cl)c3)C2=O)cc(Cl)c1OC(C)C. The van der Waals surface area contributed by atoms with Crippen LogP contribution in [0.2, 0.25) is 10.0 Å². The van der Waals surface area contributed by atoms with Crippen LogP contribution in [0.15, 0.2) is 35.9 Å². The summed E-state index contributed by atoms with van der Waals surface area (Å²) in [5, 5.41) is 3.31. The molecule has 1 fully saturated rings. The van der Waals surface area contributed by atoms with E-state index in [4.69, 9.17) is 44.9 Å². The van der Waals surface area contributed by atoms with E-state index in [0.29, 0.717) is 39.4 Å². The van der Waals surface area contributed by atoms with Crippen molar-refractivity contribution < 1.29 is 19.1 Å². The molecule has 1 saturated heterocycles. The van der Waals surface area contributed by atoms with Gasteiger partial charge < -0.3 is 9.47 Å². The van der Waals surface area contributed by atoms with E-state index in [9.17, 15) is 9.59 Å². The van der Waals surface area contributed by atoms with Gasteiger partial charge in [0.25, 0.3) is 11.8 Å². The van der Waals surface area contributed by atoms with Crippen LogP contribution in [0.5, 0.6) is 11.5 Å². The van der Waals surface area contributed by atoms with Crippen molar-refractivity contribution in [3.63, 3.8) is 0 Å². The van der Waals surface area contributed by atoms with Crippen molar-refractivity contribution in [3.05, 3.63) is 57.1 Å². The van der Waals surface area contributed by atoms with Crippen LogP contribution in [0.1, 0.15) is 31.9 Å². The molecular weight excluding hydrogens is 471 g/mol. The number of carbonyl (C=O) groups excluding carboxylic acids is 2. The third kappa shape index (κ3) is 5.06. The number of nitrogens with one attached hydrogen (secondary N) is 1. The largest absolute Gasteiger partial charge is 0.490 e. The number of thiocarbonyl (C=S) groups is 1. The first-order valence-corrected chi connectivity index (χ1v) is 11.1. The summed E-state index contributed by atoms with van der Waals surface area (Å²) >= 11 is 17.9. The Morgan fingerprint density at radius 3 is 2.50 bits per heavy atom. The van der Waals surface area contributed by atoms with Gasteiger partial charge >= 0.3 is 0 Å². The Balaban J connectivity index is 2.04. The number of ether oxygens (including phenoxy) is 2. The zero-order valence-corrected chi connectivity index (χ0v) is 20.3. The fourth-order valence-electron chi connectivity index (χ4n) is 3.06. The lowest BCUT2D eigenvalue weighted by Crippen LogP contribution is -2.54. The second-order valence-corrected chi connectivity index (χ2v) is 8.52. The van der Waals surface area contributed by atoms with E-state index in [1.807, 2.05) is 27.7 Å². The highest BCUT2D eigenvalue weighted by molar-refractivity contribution is 7.80. The first-order valence-electron chi connectivity index (χ1n) is 9.93. The van der Waals surface area contributed by atoms with Crippen LogP contribution in [-0.2, 0) is 9.59 Å². The summed E-state index contributed by atoms with van der Waals surface area (Å²) in [7, 11) is 0. The number of halogens is 2. The van der Waals surface area contributed by atoms with Crippen LogP contribution in [0, 0.1) is 6.92 Å².